The number of fused-ring (bicyclic) bond motifs is 3. The number of hydrogen-bond donors (Lipinski definition) is 3. The molecule has 0 bridgehead atoms. The van der Waals surface area contributed by atoms with Crippen molar-refractivity contribution >= 4 is 31.7 Å². The monoisotopic (exact) mass is 521 g/mol. The third-order valence-electron chi connectivity index (χ3n) is 6.53. The van der Waals surface area contributed by atoms with E-state index in [9.17, 15) is 26.9 Å². The fraction of sp³-hybridized carbons (Fsp3) is 0.280. The molecule has 1 fully saturated rings. The average Bonchev–Trinajstić information content (AvgIpc) is 3.13. The summed E-state index contributed by atoms with van der Waals surface area (Å²) in [6.07, 6.45) is -4.24. The minimum Gasteiger partial charge on any atom is -0.406 e. The minimum atomic E-state index is -4.86. The van der Waals surface area contributed by atoms with Gasteiger partial charge in [-0.3, -0.25) is 0 Å². The molecule has 0 radical (unpaired) electrons. The van der Waals surface area contributed by atoms with E-state index in [4.69, 9.17) is 4.78 Å². The highest BCUT2D eigenvalue weighted by atomic mass is 32.2. The quantitative estimate of drug-likeness (QED) is 0.286. The number of alkyl halides is 3. The second-order valence-corrected chi connectivity index (χ2v) is 10.7. The molecule has 3 N–H and O–H groups in total. The first-order valence-corrected chi connectivity index (χ1v) is 12.9. The van der Waals surface area contributed by atoms with E-state index >= 15 is 0 Å². The van der Waals surface area contributed by atoms with Crippen LogP contribution < -0.4 is 9.46 Å². The molecule has 1 aliphatic carbocycles. The fourth-order valence-electron chi connectivity index (χ4n) is 5.01. The van der Waals surface area contributed by atoms with Crippen molar-refractivity contribution in [2.75, 3.05) is 0 Å². The van der Waals surface area contributed by atoms with Crippen molar-refractivity contribution in [2.45, 2.75) is 48.7 Å². The van der Waals surface area contributed by atoms with Crippen LogP contribution in [-0.2, 0) is 9.92 Å². The lowest BCUT2D eigenvalue weighted by atomic mass is 9.88. The second kappa shape index (κ2) is 9.06. The Labute approximate surface area is 204 Å². The van der Waals surface area contributed by atoms with Gasteiger partial charge in [0.25, 0.3) is 0 Å². The van der Waals surface area contributed by atoms with E-state index in [0.717, 1.165) is 40.6 Å². The number of halogens is 4. The summed E-state index contributed by atoms with van der Waals surface area (Å²) in [7, 11) is -3.65. The van der Waals surface area contributed by atoms with Crippen LogP contribution in [0.3, 0.4) is 0 Å². The summed E-state index contributed by atoms with van der Waals surface area (Å²) in [6.45, 7) is 0. The fourth-order valence-corrected chi connectivity index (χ4v) is 6.35. The third kappa shape index (κ3) is 4.65. The topological polar surface area (TPSA) is 87.3 Å². The zero-order valence-corrected chi connectivity index (χ0v) is 19.7. The number of aliphatic hydroxyl groups is 1. The van der Waals surface area contributed by atoms with E-state index in [-0.39, 0.29) is 4.90 Å². The Balaban J connectivity index is 1.44. The van der Waals surface area contributed by atoms with Gasteiger partial charge in [-0.2, -0.15) is 0 Å². The molecular weight excluding hydrogens is 498 g/mol. The van der Waals surface area contributed by atoms with Crippen LogP contribution in [0, 0.1) is 10.6 Å². The summed E-state index contributed by atoms with van der Waals surface area (Å²) in [4.78, 5) is -0.0368. The first kappa shape index (κ1) is 24.5. The number of hydrogen-bond acceptors (Lipinski definition) is 4. The number of para-hydroxylation sites is 1. The Kier molecular flexibility index (Phi) is 6.17. The van der Waals surface area contributed by atoms with Gasteiger partial charge in [0.2, 0.25) is 0 Å². The van der Waals surface area contributed by atoms with E-state index in [2.05, 4.69) is 9.46 Å². The summed E-state index contributed by atoms with van der Waals surface area (Å²) in [6, 6.07) is 15.1. The van der Waals surface area contributed by atoms with Crippen LogP contribution in [0.15, 0.2) is 71.6 Å². The lowest BCUT2D eigenvalue weighted by molar-refractivity contribution is -0.274. The van der Waals surface area contributed by atoms with Gasteiger partial charge in [-0.1, -0.05) is 18.2 Å². The van der Waals surface area contributed by atoms with Gasteiger partial charge < -0.3 is 14.4 Å². The number of ether oxygens (including phenoxy) is 1. The Hall–Kier alpha value is -3.15. The minimum absolute atomic E-state index is 0.0368. The molecule has 0 spiro atoms. The van der Waals surface area contributed by atoms with Crippen LogP contribution in [0.1, 0.15) is 25.3 Å². The maximum atomic E-state index is 14.2. The molecule has 36 heavy (non-hydrogen) atoms. The highest BCUT2D eigenvalue weighted by Crippen LogP contribution is 2.38. The molecule has 11 heteroatoms. The van der Waals surface area contributed by atoms with Crippen LogP contribution in [0.2, 0.25) is 0 Å². The van der Waals surface area contributed by atoms with Crippen molar-refractivity contribution in [1.82, 2.24) is 9.29 Å². The standard InChI is InChI=1S/C25H23F4N3O3S/c26-15-8-13-19-18-4-1-2-6-21(18)32(23(19)14-15)22-7-3-5-20(24(22)33)31-36(30,34)17-11-9-16(10-12-17)35-25(27,28)29/h1-2,4,6,8-14,20,22,24,33H,3,5,7H2,(H2,30,31,34). The van der Waals surface area contributed by atoms with Gasteiger partial charge in [0.15, 0.2) is 0 Å². The molecule has 1 aromatic heterocycles. The van der Waals surface area contributed by atoms with Gasteiger partial charge in [-0.15, -0.1) is 13.2 Å². The number of nitrogens with zero attached hydrogens (tertiary/aromatic N) is 1. The second-order valence-electron chi connectivity index (χ2n) is 8.84. The third-order valence-corrected chi connectivity index (χ3v) is 8.10. The largest absolute Gasteiger partial charge is 0.573 e. The van der Waals surface area contributed by atoms with Gasteiger partial charge in [0.05, 0.1) is 22.6 Å². The Morgan fingerprint density at radius 2 is 1.69 bits per heavy atom. The van der Waals surface area contributed by atoms with Crippen LogP contribution in [-0.4, -0.2) is 32.4 Å². The molecule has 5 rings (SSSR count). The first-order valence-electron chi connectivity index (χ1n) is 11.3. The van der Waals surface area contributed by atoms with Gasteiger partial charge in [0.1, 0.15) is 21.5 Å². The molecule has 3 aromatic carbocycles. The molecule has 0 saturated heterocycles. The lowest BCUT2D eigenvalue weighted by Crippen LogP contribution is -2.49. The first-order chi connectivity index (χ1) is 17.0. The van der Waals surface area contributed by atoms with Gasteiger partial charge in [0, 0.05) is 22.3 Å². The Morgan fingerprint density at radius 1 is 1.00 bits per heavy atom. The molecule has 190 valence electrons. The SMILES string of the molecule is N=S(=O)(NC1CCCC(n2c3ccccc3c3ccc(F)cc32)C1O)c1ccc(OC(F)(F)F)cc1. The normalized spacial score (nSPS) is 22.5. The number of nitrogens with one attached hydrogen (secondary N) is 2. The van der Waals surface area contributed by atoms with Crippen LogP contribution >= 0.6 is 0 Å². The predicted octanol–water partition coefficient (Wildman–Crippen LogP) is 5.90. The molecular formula is C25H23F4N3O3S. The van der Waals surface area contributed by atoms with Crippen LogP contribution in [0.4, 0.5) is 17.6 Å². The number of aliphatic hydroxyl groups excluding tert-OH is 1. The van der Waals surface area contributed by atoms with Crippen molar-refractivity contribution in [2.24, 2.45) is 0 Å². The summed E-state index contributed by atoms with van der Waals surface area (Å²) in [5.41, 5.74) is 1.46. The molecule has 0 amide bonds. The average molecular weight is 522 g/mol. The van der Waals surface area contributed by atoms with Crippen molar-refractivity contribution in [3.05, 3.63) is 72.5 Å². The summed E-state index contributed by atoms with van der Waals surface area (Å²) in [5.74, 6) is -0.892. The van der Waals surface area contributed by atoms with E-state index in [1.807, 2.05) is 28.8 Å². The zero-order chi connectivity index (χ0) is 25.7. The summed E-state index contributed by atoms with van der Waals surface area (Å²) >= 11 is 0. The molecule has 4 atom stereocenters. The molecule has 1 saturated carbocycles. The summed E-state index contributed by atoms with van der Waals surface area (Å²) < 4.78 is 81.5. The molecule has 4 aromatic rings. The van der Waals surface area contributed by atoms with Crippen molar-refractivity contribution in [3.63, 3.8) is 0 Å². The number of rotatable bonds is 5. The van der Waals surface area contributed by atoms with Gasteiger partial charge in [-0.05, 0) is 67.8 Å². The van der Waals surface area contributed by atoms with Crippen LogP contribution in [0.5, 0.6) is 5.75 Å². The maximum Gasteiger partial charge on any atom is 0.573 e. The lowest BCUT2D eigenvalue weighted by Gasteiger charge is -2.37. The Bertz CT molecular complexity index is 1520. The smallest absolute Gasteiger partial charge is 0.406 e. The van der Waals surface area contributed by atoms with Gasteiger partial charge >= 0.3 is 6.36 Å². The molecule has 6 nitrogen and oxygen atoms in total. The highest BCUT2D eigenvalue weighted by molar-refractivity contribution is 7.90. The predicted molar refractivity (Wildman–Crippen MR) is 127 cm³/mol. The summed E-state index contributed by atoms with van der Waals surface area (Å²) in [5, 5.41) is 13.1. The van der Waals surface area contributed by atoms with E-state index in [0.29, 0.717) is 24.8 Å². The van der Waals surface area contributed by atoms with E-state index in [1.54, 1.807) is 6.07 Å². The molecule has 1 heterocycles. The zero-order valence-electron chi connectivity index (χ0n) is 18.8. The van der Waals surface area contributed by atoms with Crippen LogP contribution in [0.25, 0.3) is 21.8 Å². The van der Waals surface area contributed by atoms with Crippen molar-refractivity contribution in [3.8, 4) is 5.75 Å². The van der Waals surface area contributed by atoms with Gasteiger partial charge in [-0.25, -0.2) is 18.1 Å². The molecule has 1 aliphatic rings. The maximum absolute atomic E-state index is 14.2. The number of benzene rings is 3. The Morgan fingerprint density at radius 3 is 2.42 bits per heavy atom. The van der Waals surface area contributed by atoms with E-state index in [1.165, 1.54) is 12.1 Å². The molecule has 0 aliphatic heterocycles. The molecule has 4 unspecified atom stereocenters. The van der Waals surface area contributed by atoms with E-state index < -0.39 is 46.0 Å². The highest BCUT2D eigenvalue weighted by Gasteiger charge is 2.36. The van der Waals surface area contributed by atoms with Crippen molar-refractivity contribution < 1.29 is 31.6 Å². The number of aromatic nitrogens is 1. The van der Waals surface area contributed by atoms with Crippen molar-refractivity contribution in [1.29, 1.82) is 4.78 Å².